The first kappa shape index (κ1) is 35.7. The van der Waals surface area contributed by atoms with Crippen LogP contribution in [0.25, 0.3) is 76.8 Å². The van der Waals surface area contributed by atoms with Gasteiger partial charge in [-0.3, -0.25) is 0 Å². The van der Waals surface area contributed by atoms with Gasteiger partial charge in [-0.1, -0.05) is 185 Å². The van der Waals surface area contributed by atoms with Crippen LogP contribution in [0.1, 0.15) is 49.4 Å². The lowest BCUT2D eigenvalue weighted by atomic mass is 9.82. The van der Waals surface area contributed by atoms with Gasteiger partial charge in [-0.25, -0.2) is 0 Å². The fraction of sp³-hybridized carbons (Fsp3) is 0.127. The third-order valence-electron chi connectivity index (χ3n) is 12.4. The highest BCUT2D eigenvalue weighted by Crippen LogP contribution is 2.47. The number of rotatable bonds is 9. The zero-order valence-corrected chi connectivity index (χ0v) is 34.3. The molecule has 0 fully saturated rings. The lowest BCUT2D eigenvalue weighted by Crippen LogP contribution is -2.32. The van der Waals surface area contributed by atoms with Gasteiger partial charge in [-0.2, -0.15) is 0 Å². The van der Waals surface area contributed by atoms with Crippen LogP contribution in [0.15, 0.2) is 188 Å². The van der Waals surface area contributed by atoms with E-state index in [1.165, 1.54) is 93.5 Å². The predicted molar refractivity (Wildman–Crippen MR) is 246 cm³/mol. The molecule has 272 valence electrons. The monoisotopic (exact) mass is 736 g/mol. The first-order valence-corrected chi connectivity index (χ1v) is 21.7. The Labute approximate surface area is 334 Å². The Morgan fingerprint density at radius 2 is 0.929 bits per heavy atom. The summed E-state index contributed by atoms with van der Waals surface area (Å²) in [4.78, 5) is 0. The van der Waals surface area contributed by atoms with Crippen molar-refractivity contribution in [2.45, 2.75) is 44.7 Å². The molecular weight excluding hydrogens is 689 g/mol. The summed E-state index contributed by atoms with van der Waals surface area (Å²) in [6.07, 6.45) is 1.12. The molecule has 0 amide bonds. The van der Waals surface area contributed by atoms with E-state index in [0.717, 1.165) is 6.42 Å². The van der Waals surface area contributed by atoms with Crippen LogP contribution in [0.3, 0.4) is 0 Å². The number of benzene rings is 9. The van der Waals surface area contributed by atoms with Crippen LogP contribution in [0.5, 0.6) is 0 Å². The third kappa shape index (κ3) is 6.57. The maximum absolute atomic E-state index is 2.60. The van der Waals surface area contributed by atoms with Gasteiger partial charge in [0.25, 0.3) is 0 Å². The van der Waals surface area contributed by atoms with E-state index in [2.05, 4.69) is 216 Å². The van der Waals surface area contributed by atoms with E-state index in [1.807, 2.05) is 0 Å². The number of fused-ring (bicyclic) bond motifs is 3. The first-order valence-electron chi connectivity index (χ1n) is 20.2. The van der Waals surface area contributed by atoms with Crippen LogP contribution in [-0.4, -0.2) is 9.52 Å². The summed E-state index contributed by atoms with van der Waals surface area (Å²) < 4.78 is 0. The Bertz CT molecular complexity index is 2780. The van der Waals surface area contributed by atoms with E-state index >= 15 is 0 Å². The lowest BCUT2D eigenvalue weighted by Gasteiger charge is -2.32. The van der Waals surface area contributed by atoms with E-state index in [-0.39, 0.29) is 5.04 Å². The zero-order chi connectivity index (χ0) is 38.2. The Kier molecular flexibility index (Phi) is 9.49. The largest absolute Gasteiger partial charge is 0.0648 e. The highest BCUT2D eigenvalue weighted by molar-refractivity contribution is 6.42. The average molecular weight is 737 g/mol. The molecule has 0 aliphatic carbocycles. The number of aryl methyl sites for hydroxylation is 1. The molecule has 0 nitrogen and oxygen atoms in total. The minimum absolute atomic E-state index is 0.125. The van der Waals surface area contributed by atoms with Crippen molar-refractivity contribution in [3.05, 3.63) is 205 Å². The van der Waals surface area contributed by atoms with Crippen LogP contribution >= 0.6 is 0 Å². The lowest BCUT2D eigenvalue weighted by molar-refractivity contribution is 0.629. The smallest absolute Gasteiger partial charge is 0.0404 e. The van der Waals surface area contributed by atoms with E-state index in [9.17, 15) is 0 Å². The zero-order valence-electron chi connectivity index (χ0n) is 32.9. The molecule has 0 spiro atoms. The second-order valence-electron chi connectivity index (χ2n) is 16.0. The maximum atomic E-state index is 2.60. The molecule has 9 rings (SSSR count). The fourth-order valence-electron chi connectivity index (χ4n) is 9.23. The molecule has 0 heterocycles. The van der Waals surface area contributed by atoms with E-state index < -0.39 is 9.52 Å². The summed E-state index contributed by atoms with van der Waals surface area (Å²) in [5.74, 6) is 0. The molecule has 0 aliphatic heterocycles. The second-order valence-corrected chi connectivity index (χ2v) is 19.2. The SMILES string of the molecule is CCC(C)([SiH2]C(C)c1ccccc1)c1ccc2c(-c3cc(-c4ccccc4)cc(-c4ccccc4)c3)c3ccccc3c(-c3cc(C)c4ccccc4c3)c2c1. The van der Waals surface area contributed by atoms with Crippen LogP contribution in [0.2, 0.25) is 0 Å². The van der Waals surface area contributed by atoms with Gasteiger partial charge in [0.1, 0.15) is 0 Å². The van der Waals surface area contributed by atoms with Crippen molar-refractivity contribution in [2.75, 3.05) is 0 Å². The van der Waals surface area contributed by atoms with Gasteiger partial charge in [0, 0.05) is 9.52 Å². The molecule has 0 N–H and O–H groups in total. The van der Waals surface area contributed by atoms with E-state index in [4.69, 9.17) is 0 Å². The van der Waals surface area contributed by atoms with Crippen molar-refractivity contribution in [3.8, 4) is 44.5 Å². The minimum Gasteiger partial charge on any atom is -0.0648 e. The van der Waals surface area contributed by atoms with Crippen LogP contribution in [-0.2, 0) is 5.04 Å². The van der Waals surface area contributed by atoms with Crippen LogP contribution in [0.4, 0.5) is 0 Å². The number of hydrogen-bond donors (Lipinski definition) is 0. The van der Waals surface area contributed by atoms with Crippen LogP contribution < -0.4 is 0 Å². The molecule has 0 saturated heterocycles. The Morgan fingerprint density at radius 3 is 1.54 bits per heavy atom. The maximum Gasteiger partial charge on any atom is 0.0404 e. The van der Waals surface area contributed by atoms with Gasteiger partial charge in [-0.15, -0.1) is 0 Å². The van der Waals surface area contributed by atoms with Gasteiger partial charge >= 0.3 is 0 Å². The summed E-state index contributed by atoms with van der Waals surface area (Å²) in [5, 5.41) is 7.93. The van der Waals surface area contributed by atoms with Crippen molar-refractivity contribution in [3.63, 3.8) is 0 Å². The molecule has 9 aromatic rings. The molecule has 0 aliphatic rings. The van der Waals surface area contributed by atoms with Crippen molar-refractivity contribution < 1.29 is 0 Å². The summed E-state index contributed by atoms with van der Waals surface area (Å²) in [6.45, 7) is 9.65. The van der Waals surface area contributed by atoms with Gasteiger partial charge in [0.05, 0.1) is 0 Å². The summed E-state index contributed by atoms with van der Waals surface area (Å²) in [5.41, 5.74) is 14.9. The molecule has 0 aromatic heterocycles. The third-order valence-corrected chi connectivity index (χ3v) is 15.3. The molecule has 0 radical (unpaired) electrons. The molecule has 2 atom stereocenters. The highest BCUT2D eigenvalue weighted by Gasteiger charge is 2.29. The molecule has 9 aromatic carbocycles. The van der Waals surface area contributed by atoms with Crippen LogP contribution in [0, 0.1) is 6.92 Å². The standard InChI is InChI=1S/C55H48Si/c1-5-55(4,56-38(3)39-19-9-6-10-20-39)47-29-30-51-52(36-47)54(45-31-37(2)48-26-16-15-25-42(48)32-45)50-28-18-17-27-49(50)53(51)46-34-43(40-21-11-7-12-22-40)33-44(35-46)41-23-13-8-14-24-41/h6-36,38H,5,56H2,1-4H3. The predicted octanol–water partition coefficient (Wildman–Crippen LogP) is 14.7. The minimum atomic E-state index is -0.591. The Hall–Kier alpha value is -6.02. The Balaban J connectivity index is 1.35. The Morgan fingerprint density at radius 1 is 0.446 bits per heavy atom. The average Bonchev–Trinajstić information content (AvgIpc) is 3.26. The fourth-order valence-corrected chi connectivity index (χ4v) is 11.8. The van der Waals surface area contributed by atoms with Gasteiger partial charge in [0.15, 0.2) is 0 Å². The molecule has 0 saturated carbocycles. The van der Waals surface area contributed by atoms with E-state index in [1.54, 1.807) is 0 Å². The normalized spacial score (nSPS) is 13.4. The molecule has 56 heavy (non-hydrogen) atoms. The van der Waals surface area contributed by atoms with Gasteiger partial charge < -0.3 is 0 Å². The number of hydrogen-bond acceptors (Lipinski definition) is 0. The van der Waals surface area contributed by atoms with Crippen molar-refractivity contribution in [1.29, 1.82) is 0 Å². The quantitative estimate of drug-likeness (QED) is 0.102. The van der Waals surface area contributed by atoms with Crippen molar-refractivity contribution in [2.24, 2.45) is 0 Å². The molecule has 2 unspecified atom stereocenters. The van der Waals surface area contributed by atoms with Crippen molar-refractivity contribution in [1.82, 2.24) is 0 Å². The van der Waals surface area contributed by atoms with Crippen molar-refractivity contribution >= 4 is 41.8 Å². The van der Waals surface area contributed by atoms with Gasteiger partial charge in [-0.05, 0) is 142 Å². The first-order chi connectivity index (χ1) is 27.4. The highest BCUT2D eigenvalue weighted by atomic mass is 28.2. The molecular formula is C55H48Si. The topological polar surface area (TPSA) is 0 Å². The van der Waals surface area contributed by atoms with E-state index in [0.29, 0.717) is 5.54 Å². The molecule has 1 heteroatoms. The summed E-state index contributed by atoms with van der Waals surface area (Å²) in [7, 11) is -0.591. The van der Waals surface area contributed by atoms with Gasteiger partial charge in [0.2, 0.25) is 0 Å². The molecule has 0 bridgehead atoms. The summed E-state index contributed by atoms with van der Waals surface area (Å²) >= 11 is 0. The second kappa shape index (κ2) is 14.9. The summed E-state index contributed by atoms with van der Waals surface area (Å²) in [6, 6.07) is 70.4.